The van der Waals surface area contributed by atoms with Crippen molar-refractivity contribution in [2.45, 2.75) is 13.3 Å². The first-order valence-corrected chi connectivity index (χ1v) is 4.67. The lowest BCUT2D eigenvalue weighted by Gasteiger charge is -1.92. The molecule has 2 N–H and O–H groups in total. The van der Waals surface area contributed by atoms with Crippen molar-refractivity contribution in [1.29, 1.82) is 0 Å². The first kappa shape index (κ1) is 9.29. The average Bonchev–Trinajstić information content (AvgIpc) is 2.48. The number of aromatic amines is 1. The topological polar surface area (TPSA) is 66.2 Å². The Morgan fingerprint density at radius 1 is 1.57 bits per heavy atom. The molecule has 0 aliphatic rings. The van der Waals surface area contributed by atoms with E-state index in [1.807, 2.05) is 6.92 Å². The molecule has 5 nitrogen and oxygen atoms in total. The Morgan fingerprint density at radius 2 is 2.36 bits per heavy atom. The smallest absolute Gasteiger partial charge is 0.252 e. The molecule has 0 unspecified atom stereocenters. The van der Waals surface area contributed by atoms with E-state index in [1.165, 1.54) is 0 Å². The summed E-state index contributed by atoms with van der Waals surface area (Å²) >= 11 is 5.13. The van der Waals surface area contributed by atoms with Crippen molar-refractivity contribution >= 4 is 18.0 Å². The van der Waals surface area contributed by atoms with E-state index in [0.717, 1.165) is 5.69 Å². The number of nitrogens with zero attached hydrogens (tertiary/aromatic N) is 3. The maximum Gasteiger partial charge on any atom is 0.252 e. The Kier molecular flexibility index (Phi) is 2.30. The molecule has 2 aromatic heterocycles. The number of aromatic nitrogens is 4. The summed E-state index contributed by atoms with van der Waals surface area (Å²) in [4.78, 5) is 8.41. The molecule has 0 aliphatic carbocycles. The second-order valence-corrected chi connectivity index (χ2v) is 3.43. The summed E-state index contributed by atoms with van der Waals surface area (Å²) < 4.78 is 2.28. The average molecular weight is 210 g/mol. The fourth-order valence-electron chi connectivity index (χ4n) is 1.25. The van der Waals surface area contributed by atoms with Crippen LogP contribution in [0.5, 0.6) is 0 Å². The molecule has 14 heavy (non-hydrogen) atoms. The van der Waals surface area contributed by atoms with Crippen LogP contribution in [0, 0.1) is 11.6 Å². The van der Waals surface area contributed by atoms with Crippen LogP contribution in [0.25, 0.3) is 5.78 Å². The van der Waals surface area contributed by atoms with E-state index in [2.05, 4.69) is 15.1 Å². The van der Waals surface area contributed by atoms with E-state index in [0.29, 0.717) is 22.7 Å². The van der Waals surface area contributed by atoms with Gasteiger partial charge >= 0.3 is 0 Å². The van der Waals surface area contributed by atoms with Crippen molar-refractivity contribution in [3.8, 4) is 0 Å². The Morgan fingerprint density at radius 3 is 3.07 bits per heavy atom. The standard InChI is InChI=1S/C8H10N4OS/c1-5-4-7(14)12-8(9-5)10-6(11-12)2-3-13/h4,13H,2-3H2,1H3,(H,9,10,11). The summed E-state index contributed by atoms with van der Waals surface area (Å²) in [6.45, 7) is 1.93. The van der Waals surface area contributed by atoms with E-state index in [4.69, 9.17) is 17.3 Å². The monoisotopic (exact) mass is 210 g/mol. The van der Waals surface area contributed by atoms with Gasteiger partial charge in [0.25, 0.3) is 5.78 Å². The number of rotatable bonds is 2. The van der Waals surface area contributed by atoms with Crippen molar-refractivity contribution in [2.24, 2.45) is 0 Å². The normalized spacial score (nSPS) is 11.0. The number of aryl methyl sites for hydroxylation is 1. The van der Waals surface area contributed by atoms with Gasteiger partial charge in [-0.2, -0.15) is 4.98 Å². The zero-order valence-corrected chi connectivity index (χ0v) is 8.51. The van der Waals surface area contributed by atoms with E-state index in [1.54, 1.807) is 10.6 Å². The molecule has 74 valence electrons. The summed E-state index contributed by atoms with van der Waals surface area (Å²) in [6, 6.07) is 1.79. The molecular weight excluding hydrogens is 200 g/mol. The number of aliphatic hydroxyl groups excluding tert-OH is 1. The van der Waals surface area contributed by atoms with Crippen molar-refractivity contribution in [2.75, 3.05) is 6.61 Å². The van der Waals surface area contributed by atoms with Crippen LogP contribution in [0.4, 0.5) is 0 Å². The van der Waals surface area contributed by atoms with Gasteiger partial charge in [0.15, 0.2) is 0 Å². The third kappa shape index (κ3) is 1.53. The van der Waals surface area contributed by atoms with Crippen molar-refractivity contribution in [3.05, 3.63) is 22.2 Å². The van der Waals surface area contributed by atoms with Crippen LogP contribution >= 0.6 is 12.2 Å². The van der Waals surface area contributed by atoms with Crippen LogP contribution in [-0.2, 0) is 6.42 Å². The fraction of sp³-hybridized carbons (Fsp3) is 0.375. The molecular formula is C8H10N4OS. The highest BCUT2D eigenvalue weighted by Gasteiger charge is 2.03. The van der Waals surface area contributed by atoms with Crippen molar-refractivity contribution < 1.29 is 5.11 Å². The Labute approximate surface area is 85.4 Å². The first-order chi connectivity index (χ1) is 6.70. The number of hydrogen-bond acceptors (Lipinski definition) is 4. The molecule has 0 atom stereocenters. The van der Waals surface area contributed by atoms with Gasteiger partial charge in [0, 0.05) is 12.1 Å². The van der Waals surface area contributed by atoms with Gasteiger partial charge in [0.05, 0.1) is 6.61 Å². The summed E-state index contributed by atoms with van der Waals surface area (Å²) in [5.41, 5.74) is 0.844. The quantitative estimate of drug-likeness (QED) is 0.713. The van der Waals surface area contributed by atoms with Gasteiger partial charge in [-0.15, -0.1) is 0 Å². The van der Waals surface area contributed by atoms with Crippen LogP contribution in [0.3, 0.4) is 0 Å². The van der Waals surface area contributed by atoms with E-state index in [9.17, 15) is 0 Å². The molecule has 0 amide bonds. The molecule has 0 aromatic carbocycles. The highest BCUT2D eigenvalue weighted by Crippen LogP contribution is 2.02. The number of nitrogens with one attached hydrogen (secondary N) is 1. The third-order valence-electron chi connectivity index (χ3n) is 1.85. The number of aliphatic hydroxyl groups is 1. The number of fused-ring (bicyclic) bond motifs is 1. The zero-order chi connectivity index (χ0) is 10.1. The molecule has 0 radical (unpaired) electrons. The molecule has 0 saturated carbocycles. The maximum absolute atomic E-state index is 8.75. The highest BCUT2D eigenvalue weighted by molar-refractivity contribution is 7.71. The molecule has 0 fully saturated rings. The van der Waals surface area contributed by atoms with Gasteiger partial charge in [-0.25, -0.2) is 9.50 Å². The molecule has 0 aliphatic heterocycles. The number of H-pyrrole nitrogens is 1. The minimum atomic E-state index is 0.0616. The van der Waals surface area contributed by atoms with E-state index < -0.39 is 0 Å². The van der Waals surface area contributed by atoms with Gasteiger partial charge in [-0.05, 0) is 13.0 Å². The zero-order valence-electron chi connectivity index (χ0n) is 7.69. The maximum atomic E-state index is 8.75. The van der Waals surface area contributed by atoms with Gasteiger partial charge in [-0.3, -0.25) is 5.10 Å². The predicted molar refractivity (Wildman–Crippen MR) is 53.7 cm³/mol. The molecule has 0 spiro atoms. The van der Waals surface area contributed by atoms with Crippen molar-refractivity contribution in [3.63, 3.8) is 0 Å². The van der Waals surface area contributed by atoms with Gasteiger partial charge in [0.2, 0.25) is 0 Å². The minimum Gasteiger partial charge on any atom is -0.396 e. The third-order valence-corrected chi connectivity index (χ3v) is 2.15. The second-order valence-electron chi connectivity index (χ2n) is 3.02. The summed E-state index contributed by atoms with van der Waals surface area (Å²) in [5.74, 6) is 1.25. The van der Waals surface area contributed by atoms with E-state index >= 15 is 0 Å². The van der Waals surface area contributed by atoms with E-state index in [-0.39, 0.29) is 6.61 Å². The Bertz CT molecular complexity index is 516. The summed E-state index contributed by atoms with van der Waals surface area (Å²) in [5, 5.41) is 11.7. The first-order valence-electron chi connectivity index (χ1n) is 4.27. The SMILES string of the molecule is Cc1cc(=S)n2[nH]c(CCO)nc2n1. The van der Waals surface area contributed by atoms with Gasteiger partial charge in [0.1, 0.15) is 10.5 Å². The lowest BCUT2D eigenvalue weighted by atomic mass is 10.4. The fourth-order valence-corrected chi connectivity index (χ4v) is 1.55. The van der Waals surface area contributed by atoms with Crippen molar-refractivity contribution in [1.82, 2.24) is 19.6 Å². The molecule has 0 saturated heterocycles. The minimum absolute atomic E-state index is 0.0616. The van der Waals surface area contributed by atoms with Crippen LogP contribution in [-0.4, -0.2) is 31.3 Å². The van der Waals surface area contributed by atoms with Crippen LogP contribution in [0.2, 0.25) is 0 Å². The van der Waals surface area contributed by atoms with Gasteiger partial charge in [-0.1, -0.05) is 12.2 Å². The highest BCUT2D eigenvalue weighted by atomic mass is 32.1. The Hall–Kier alpha value is -1.27. The summed E-state index contributed by atoms with van der Waals surface area (Å²) in [6.07, 6.45) is 0.483. The summed E-state index contributed by atoms with van der Waals surface area (Å²) in [7, 11) is 0. The molecule has 6 heteroatoms. The molecule has 2 rings (SSSR count). The van der Waals surface area contributed by atoms with Gasteiger partial charge < -0.3 is 5.11 Å². The predicted octanol–water partition coefficient (Wildman–Crippen LogP) is 0.630. The lowest BCUT2D eigenvalue weighted by Crippen LogP contribution is -1.95. The Balaban J connectivity index is 2.65. The largest absolute Gasteiger partial charge is 0.396 e. The number of hydrogen-bond donors (Lipinski definition) is 2. The lowest BCUT2D eigenvalue weighted by molar-refractivity contribution is 0.296. The molecule has 0 bridgehead atoms. The second kappa shape index (κ2) is 3.47. The van der Waals surface area contributed by atoms with Crippen LogP contribution in [0.15, 0.2) is 6.07 Å². The molecule has 2 heterocycles. The molecule has 2 aromatic rings. The van der Waals surface area contributed by atoms with Crippen LogP contribution in [0.1, 0.15) is 11.5 Å². The van der Waals surface area contributed by atoms with Crippen LogP contribution < -0.4 is 0 Å².